The second-order valence-electron chi connectivity index (χ2n) is 8.46. The Morgan fingerprint density at radius 2 is 2.06 bits per heavy atom. The topological polar surface area (TPSA) is 98.0 Å². The highest BCUT2D eigenvalue weighted by molar-refractivity contribution is 5.94. The van der Waals surface area contributed by atoms with E-state index in [0.717, 1.165) is 43.7 Å². The molecule has 162 valence electrons. The van der Waals surface area contributed by atoms with Gasteiger partial charge >= 0.3 is 0 Å². The third kappa shape index (κ3) is 3.51. The van der Waals surface area contributed by atoms with Gasteiger partial charge in [-0.25, -0.2) is 9.67 Å². The summed E-state index contributed by atoms with van der Waals surface area (Å²) in [6, 6.07) is 11.2. The number of aromatic nitrogens is 3. The number of aryl methyl sites for hydroxylation is 1. The van der Waals surface area contributed by atoms with Crippen LogP contribution in [0.25, 0.3) is 16.9 Å². The number of carbonyl (C=O) groups excluding carboxylic acids is 1. The summed E-state index contributed by atoms with van der Waals surface area (Å²) >= 11 is 0. The lowest BCUT2D eigenvalue weighted by Gasteiger charge is -2.37. The summed E-state index contributed by atoms with van der Waals surface area (Å²) < 4.78 is 1.36. The maximum Gasteiger partial charge on any atom is 0.280 e. The Labute approximate surface area is 185 Å². The van der Waals surface area contributed by atoms with Crippen molar-refractivity contribution < 1.29 is 4.79 Å². The van der Waals surface area contributed by atoms with E-state index >= 15 is 0 Å². The summed E-state index contributed by atoms with van der Waals surface area (Å²) in [5.74, 6) is 0.410. The number of pyridine rings is 1. The minimum atomic E-state index is -0.235. The van der Waals surface area contributed by atoms with Crippen LogP contribution >= 0.6 is 0 Å². The fourth-order valence-corrected chi connectivity index (χ4v) is 4.77. The zero-order valence-electron chi connectivity index (χ0n) is 17.9. The number of hydrogen-bond donors (Lipinski definition) is 1. The van der Waals surface area contributed by atoms with E-state index in [1.54, 1.807) is 42.7 Å². The van der Waals surface area contributed by atoms with Crippen LogP contribution < -0.4 is 5.56 Å². The van der Waals surface area contributed by atoms with Crippen LogP contribution in [0.5, 0.6) is 0 Å². The third-order valence-electron chi connectivity index (χ3n) is 6.52. The van der Waals surface area contributed by atoms with E-state index in [9.17, 15) is 9.59 Å². The molecule has 8 nitrogen and oxygen atoms in total. The van der Waals surface area contributed by atoms with Crippen LogP contribution in [0.3, 0.4) is 0 Å². The molecular formula is C24H24N6O2. The van der Waals surface area contributed by atoms with Crippen LogP contribution in [0.4, 0.5) is 0 Å². The number of aromatic amines is 1. The lowest BCUT2D eigenvalue weighted by molar-refractivity contribution is 0.0571. The lowest BCUT2D eigenvalue weighted by Crippen LogP contribution is -2.52. The molecule has 1 atom stereocenters. The standard InChI is InChI=1S/C24H24N6O2/c1-16-11-17(12-25)4-6-20(16)21-14-27-30(24(21)32)22-7-5-18(13-26-22)23(31)29-10-9-28-8-2-3-19(28)15-29/h4-7,11,13-14,19,27H,2-3,8-10,15H2,1H3. The molecule has 3 aromatic rings. The van der Waals surface area contributed by atoms with Crippen molar-refractivity contribution >= 4 is 5.91 Å². The van der Waals surface area contributed by atoms with Gasteiger partial charge in [0.2, 0.25) is 0 Å². The van der Waals surface area contributed by atoms with Crippen LogP contribution in [0.2, 0.25) is 0 Å². The van der Waals surface area contributed by atoms with Crippen molar-refractivity contribution in [1.29, 1.82) is 5.26 Å². The Balaban J connectivity index is 1.36. The van der Waals surface area contributed by atoms with Crippen LogP contribution in [-0.2, 0) is 0 Å². The molecule has 1 unspecified atom stereocenters. The quantitative estimate of drug-likeness (QED) is 0.690. The predicted molar refractivity (Wildman–Crippen MR) is 120 cm³/mol. The van der Waals surface area contributed by atoms with Gasteiger partial charge in [0.15, 0.2) is 5.82 Å². The maximum atomic E-state index is 13.0. The molecule has 32 heavy (non-hydrogen) atoms. The van der Waals surface area contributed by atoms with Crippen LogP contribution in [0, 0.1) is 18.3 Å². The Morgan fingerprint density at radius 1 is 1.19 bits per heavy atom. The van der Waals surface area contributed by atoms with Gasteiger partial charge < -0.3 is 4.90 Å². The summed E-state index contributed by atoms with van der Waals surface area (Å²) in [6.07, 6.45) is 5.53. The number of piperazine rings is 1. The molecular weight excluding hydrogens is 404 g/mol. The predicted octanol–water partition coefficient (Wildman–Crippen LogP) is 2.33. The van der Waals surface area contributed by atoms with Crippen LogP contribution in [0.1, 0.15) is 34.3 Å². The van der Waals surface area contributed by atoms with Gasteiger partial charge in [-0.1, -0.05) is 6.07 Å². The molecule has 1 amide bonds. The average molecular weight is 428 g/mol. The first-order chi connectivity index (χ1) is 15.5. The summed E-state index contributed by atoms with van der Waals surface area (Å²) in [5, 5.41) is 12.0. The largest absolute Gasteiger partial charge is 0.336 e. The molecule has 1 N–H and O–H groups in total. The molecule has 0 spiro atoms. The molecule has 8 heteroatoms. The van der Waals surface area contributed by atoms with E-state index in [2.05, 4.69) is 21.1 Å². The molecule has 0 radical (unpaired) electrons. The number of benzene rings is 1. The number of carbonyl (C=O) groups is 1. The molecule has 0 saturated carbocycles. The second-order valence-corrected chi connectivity index (χ2v) is 8.46. The van der Waals surface area contributed by atoms with Gasteiger partial charge in [-0.05, 0) is 61.7 Å². The number of rotatable bonds is 3. The summed E-state index contributed by atoms with van der Waals surface area (Å²) in [6.45, 7) is 5.44. The molecule has 2 aromatic heterocycles. The number of H-pyrrole nitrogens is 1. The zero-order chi connectivity index (χ0) is 22.2. The summed E-state index contributed by atoms with van der Waals surface area (Å²) in [5.41, 5.74) is 2.97. The maximum absolute atomic E-state index is 13.0. The zero-order valence-corrected chi connectivity index (χ0v) is 17.9. The smallest absolute Gasteiger partial charge is 0.280 e. The molecule has 5 rings (SSSR count). The fraction of sp³-hybridized carbons (Fsp3) is 0.333. The molecule has 2 aliphatic heterocycles. The highest BCUT2D eigenvalue weighted by atomic mass is 16.2. The highest BCUT2D eigenvalue weighted by Crippen LogP contribution is 2.23. The van der Waals surface area contributed by atoms with Crippen molar-refractivity contribution in [3.8, 4) is 23.0 Å². The van der Waals surface area contributed by atoms with Crippen molar-refractivity contribution in [3.05, 3.63) is 69.8 Å². The molecule has 0 bridgehead atoms. The molecule has 4 heterocycles. The molecule has 0 aliphatic carbocycles. The monoisotopic (exact) mass is 428 g/mol. The van der Waals surface area contributed by atoms with Crippen molar-refractivity contribution in [2.75, 3.05) is 26.2 Å². The lowest BCUT2D eigenvalue weighted by atomic mass is 10.0. The second kappa shape index (κ2) is 8.09. The first-order valence-corrected chi connectivity index (χ1v) is 10.9. The van der Waals surface area contributed by atoms with E-state index in [1.165, 1.54) is 11.1 Å². The summed E-state index contributed by atoms with van der Waals surface area (Å²) in [4.78, 5) is 34.7. The van der Waals surface area contributed by atoms with Gasteiger partial charge in [0.25, 0.3) is 11.5 Å². The van der Waals surface area contributed by atoms with Crippen molar-refractivity contribution in [2.24, 2.45) is 0 Å². The first kappa shape index (κ1) is 20.2. The number of hydrogen-bond acceptors (Lipinski definition) is 5. The molecule has 2 fully saturated rings. The van der Waals surface area contributed by atoms with Gasteiger partial charge in [-0.15, -0.1) is 0 Å². The minimum Gasteiger partial charge on any atom is -0.336 e. The number of nitriles is 1. The van der Waals surface area contributed by atoms with Gasteiger partial charge in [0.1, 0.15) is 0 Å². The summed E-state index contributed by atoms with van der Waals surface area (Å²) in [7, 11) is 0. The van der Waals surface area contributed by atoms with E-state index in [0.29, 0.717) is 28.6 Å². The van der Waals surface area contributed by atoms with Gasteiger partial charge in [0.05, 0.1) is 22.8 Å². The average Bonchev–Trinajstić information content (AvgIpc) is 3.44. The van der Waals surface area contributed by atoms with E-state index < -0.39 is 0 Å². The van der Waals surface area contributed by atoms with Crippen LogP contribution in [0.15, 0.2) is 47.5 Å². The normalized spacial score (nSPS) is 18.4. The number of nitrogens with one attached hydrogen (secondary N) is 1. The first-order valence-electron chi connectivity index (χ1n) is 10.9. The van der Waals surface area contributed by atoms with Crippen molar-refractivity contribution in [1.82, 2.24) is 24.6 Å². The van der Waals surface area contributed by atoms with E-state index in [-0.39, 0.29) is 11.5 Å². The molecule has 2 saturated heterocycles. The third-order valence-corrected chi connectivity index (χ3v) is 6.52. The van der Waals surface area contributed by atoms with E-state index in [1.807, 2.05) is 11.8 Å². The molecule has 1 aromatic carbocycles. The van der Waals surface area contributed by atoms with Crippen LogP contribution in [-0.4, -0.2) is 62.7 Å². The fourth-order valence-electron chi connectivity index (χ4n) is 4.77. The molecule has 2 aliphatic rings. The van der Waals surface area contributed by atoms with Crippen molar-refractivity contribution in [3.63, 3.8) is 0 Å². The Bertz CT molecular complexity index is 1270. The van der Waals surface area contributed by atoms with Gasteiger partial charge in [0, 0.05) is 38.1 Å². The number of amides is 1. The van der Waals surface area contributed by atoms with Crippen molar-refractivity contribution in [2.45, 2.75) is 25.8 Å². The number of nitrogens with zero attached hydrogens (tertiary/aromatic N) is 5. The Hall–Kier alpha value is -3.70. The Morgan fingerprint density at radius 3 is 2.81 bits per heavy atom. The SMILES string of the molecule is Cc1cc(C#N)ccc1-c1c[nH]n(-c2ccc(C(=O)N3CCN4CCCC4C3)cn2)c1=O. The highest BCUT2D eigenvalue weighted by Gasteiger charge is 2.32. The minimum absolute atomic E-state index is 0.0108. The van der Waals surface area contributed by atoms with Gasteiger partial charge in [-0.3, -0.25) is 19.6 Å². The van der Waals surface area contributed by atoms with Gasteiger partial charge in [-0.2, -0.15) is 5.26 Å². The number of fused-ring (bicyclic) bond motifs is 1. The van der Waals surface area contributed by atoms with E-state index in [4.69, 9.17) is 5.26 Å². The Kier molecular flexibility index (Phi) is 5.11.